The fourth-order valence-corrected chi connectivity index (χ4v) is 4.21. The van der Waals surface area contributed by atoms with Crippen LogP contribution >= 0.6 is 11.3 Å². The van der Waals surface area contributed by atoms with Gasteiger partial charge >= 0.3 is 0 Å². The zero-order chi connectivity index (χ0) is 16.8. The number of hydrogen-bond acceptors (Lipinski definition) is 3. The van der Waals surface area contributed by atoms with Crippen LogP contribution in [-0.4, -0.2) is 17.1 Å². The lowest BCUT2D eigenvalue weighted by Gasteiger charge is -2.29. The molecule has 0 bridgehead atoms. The van der Waals surface area contributed by atoms with E-state index in [4.69, 9.17) is 0 Å². The molecule has 2 heterocycles. The van der Waals surface area contributed by atoms with Gasteiger partial charge in [0.05, 0.1) is 16.4 Å². The second-order valence-corrected chi connectivity index (χ2v) is 8.49. The minimum atomic E-state index is -0.145. The molecule has 23 heavy (non-hydrogen) atoms. The summed E-state index contributed by atoms with van der Waals surface area (Å²) in [6, 6.07) is 6.35. The maximum absolute atomic E-state index is 14.7. The standard InChI is InChI=1S/C19H25FN2S/c1-12-6-7-13(2)22(12)17-9-8-14(10-15(17)20)16-11-23-18(21-16)19(3,4)5/h8-13H,6-7H2,1-5H3. The topological polar surface area (TPSA) is 16.1 Å². The first-order chi connectivity index (χ1) is 10.8. The molecule has 2 aromatic rings. The highest BCUT2D eigenvalue weighted by Crippen LogP contribution is 2.35. The van der Waals surface area contributed by atoms with Crippen molar-refractivity contribution < 1.29 is 4.39 Å². The van der Waals surface area contributed by atoms with E-state index in [-0.39, 0.29) is 11.2 Å². The number of aromatic nitrogens is 1. The third-order valence-electron chi connectivity index (χ3n) is 4.62. The summed E-state index contributed by atoms with van der Waals surface area (Å²) in [5.41, 5.74) is 2.48. The lowest BCUT2D eigenvalue weighted by Crippen LogP contribution is -2.33. The van der Waals surface area contributed by atoms with Crippen LogP contribution in [0.4, 0.5) is 10.1 Å². The van der Waals surface area contributed by atoms with Crippen molar-refractivity contribution in [3.63, 3.8) is 0 Å². The number of anilines is 1. The Labute approximate surface area is 142 Å². The van der Waals surface area contributed by atoms with Crippen molar-refractivity contribution in [1.82, 2.24) is 4.98 Å². The first-order valence-electron chi connectivity index (χ1n) is 8.31. The lowest BCUT2D eigenvalue weighted by molar-refractivity contribution is 0.586. The Morgan fingerprint density at radius 2 is 1.83 bits per heavy atom. The zero-order valence-electron chi connectivity index (χ0n) is 14.6. The van der Waals surface area contributed by atoms with E-state index in [1.165, 1.54) is 0 Å². The van der Waals surface area contributed by atoms with Crippen molar-refractivity contribution in [2.45, 2.75) is 65.0 Å². The van der Waals surface area contributed by atoms with Crippen molar-refractivity contribution in [3.8, 4) is 11.3 Å². The number of benzene rings is 1. The Morgan fingerprint density at radius 1 is 1.17 bits per heavy atom. The summed E-state index contributed by atoms with van der Waals surface area (Å²) >= 11 is 1.64. The SMILES string of the molecule is CC1CCC(C)N1c1ccc(-c2csc(C(C)(C)C)n2)cc1F. The molecule has 1 aromatic carbocycles. The molecule has 0 radical (unpaired) electrons. The van der Waals surface area contributed by atoms with Gasteiger partial charge in [0.25, 0.3) is 0 Å². The van der Waals surface area contributed by atoms with Crippen LogP contribution in [0.2, 0.25) is 0 Å². The monoisotopic (exact) mass is 332 g/mol. The molecular weight excluding hydrogens is 307 g/mol. The van der Waals surface area contributed by atoms with Crippen molar-refractivity contribution in [2.75, 3.05) is 4.90 Å². The van der Waals surface area contributed by atoms with E-state index in [2.05, 4.69) is 44.5 Å². The van der Waals surface area contributed by atoms with Crippen molar-refractivity contribution in [1.29, 1.82) is 0 Å². The molecule has 1 fully saturated rings. The van der Waals surface area contributed by atoms with Gasteiger partial charge in [-0.2, -0.15) is 0 Å². The van der Waals surface area contributed by atoms with Crippen LogP contribution in [0.25, 0.3) is 11.3 Å². The summed E-state index contributed by atoms with van der Waals surface area (Å²) in [6.45, 7) is 10.8. The maximum Gasteiger partial charge on any atom is 0.147 e. The Bertz CT molecular complexity index is 692. The van der Waals surface area contributed by atoms with Crippen LogP contribution in [0.15, 0.2) is 23.6 Å². The molecule has 1 aromatic heterocycles. The van der Waals surface area contributed by atoms with E-state index in [9.17, 15) is 4.39 Å². The fourth-order valence-electron chi connectivity index (χ4n) is 3.30. The summed E-state index contributed by atoms with van der Waals surface area (Å²) in [4.78, 5) is 6.90. The molecule has 2 atom stereocenters. The van der Waals surface area contributed by atoms with E-state index in [0.717, 1.165) is 34.8 Å². The van der Waals surface area contributed by atoms with Gasteiger partial charge < -0.3 is 4.90 Å². The molecule has 0 spiro atoms. The molecule has 1 aliphatic rings. The van der Waals surface area contributed by atoms with Crippen molar-refractivity contribution in [2.24, 2.45) is 0 Å². The molecule has 0 saturated carbocycles. The Hall–Kier alpha value is -1.42. The number of thiazole rings is 1. The van der Waals surface area contributed by atoms with Gasteiger partial charge in [0.2, 0.25) is 0 Å². The van der Waals surface area contributed by atoms with E-state index in [1.807, 2.05) is 17.5 Å². The summed E-state index contributed by atoms with van der Waals surface area (Å²) in [6.07, 6.45) is 2.26. The first-order valence-corrected chi connectivity index (χ1v) is 9.19. The Morgan fingerprint density at radius 3 is 2.35 bits per heavy atom. The zero-order valence-corrected chi connectivity index (χ0v) is 15.4. The van der Waals surface area contributed by atoms with Crippen LogP contribution in [0, 0.1) is 5.82 Å². The van der Waals surface area contributed by atoms with E-state index in [1.54, 1.807) is 17.4 Å². The largest absolute Gasteiger partial charge is 0.364 e. The summed E-state index contributed by atoms with van der Waals surface area (Å²) in [5, 5.41) is 3.11. The molecule has 4 heteroatoms. The molecule has 2 unspecified atom stereocenters. The quantitative estimate of drug-likeness (QED) is 0.709. The van der Waals surface area contributed by atoms with Gasteiger partial charge in [-0.05, 0) is 38.8 Å². The van der Waals surface area contributed by atoms with Gasteiger partial charge in [0.15, 0.2) is 0 Å². The molecular formula is C19H25FN2S. The predicted molar refractivity (Wildman–Crippen MR) is 96.8 cm³/mol. The molecule has 1 aliphatic heterocycles. The van der Waals surface area contributed by atoms with Crippen molar-refractivity contribution >= 4 is 17.0 Å². The molecule has 0 aliphatic carbocycles. The van der Waals surface area contributed by atoms with Gasteiger partial charge in [0.1, 0.15) is 5.82 Å². The van der Waals surface area contributed by atoms with E-state index < -0.39 is 0 Å². The van der Waals surface area contributed by atoms with Gasteiger partial charge in [-0.25, -0.2) is 9.37 Å². The number of hydrogen-bond donors (Lipinski definition) is 0. The van der Waals surface area contributed by atoms with Crippen LogP contribution in [0.3, 0.4) is 0 Å². The smallest absolute Gasteiger partial charge is 0.147 e. The molecule has 3 rings (SSSR count). The third kappa shape index (κ3) is 3.14. The molecule has 0 N–H and O–H groups in total. The molecule has 124 valence electrons. The average Bonchev–Trinajstić information content (AvgIpc) is 3.07. The van der Waals surface area contributed by atoms with Gasteiger partial charge in [-0.3, -0.25) is 0 Å². The lowest BCUT2D eigenvalue weighted by atomic mass is 9.98. The van der Waals surface area contributed by atoms with E-state index in [0.29, 0.717) is 12.1 Å². The summed E-state index contributed by atoms with van der Waals surface area (Å²) < 4.78 is 14.7. The van der Waals surface area contributed by atoms with Crippen LogP contribution in [0.5, 0.6) is 0 Å². The highest BCUT2D eigenvalue weighted by Gasteiger charge is 2.29. The number of rotatable bonds is 2. The highest BCUT2D eigenvalue weighted by atomic mass is 32.1. The van der Waals surface area contributed by atoms with Gasteiger partial charge in [-0.1, -0.05) is 26.8 Å². The second kappa shape index (κ2) is 5.90. The minimum Gasteiger partial charge on any atom is -0.364 e. The maximum atomic E-state index is 14.7. The normalized spacial score (nSPS) is 21.9. The minimum absolute atomic E-state index is 0.0296. The second-order valence-electron chi connectivity index (χ2n) is 7.64. The average molecular weight is 332 g/mol. The predicted octanol–water partition coefficient (Wildman–Crippen LogP) is 5.62. The first kappa shape index (κ1) is 16.4. The Balaban J connectivity index is 1.92. The Kier molecular flexibility index (Phi) is 4.21. The number of nitrogens with zero attached hydrogens (tertiary/aromatic N) is 2. The van der Waals surface area contributed by atoms with Gasteiger partial charge in [0, 0.05) is 28.4 Å². The molecule has 2 nitrogen and oxygen atoms in total. The van der Waals surface area contributed by atoms with Crippen LogP contribution in [-0.2, 0) is 5.41 Å². The fraction of sp³-hybridized carbons (Fsp3) is 0.526. The van der Waals surface area contributed by atoms with Crippen LogP contribution < -0.4 is 4.90 Å². The number of halogens is 1. The summed E-state index contributed by atoms with van der Waals surface area (Å²) in [5.74, 6) is -0.145. The van der Waals surface area contributed by atoms with E-state index >= 15 is 0 Å². The highest BCUT2D eigenvalue weighted by molar-refractivity contribution is 7.10. The molecule has 0 amide bonds. The van der Waals surface area contributed by atoms with Crippen molar-refractivity contribution in [3.05, 3.63) is 34.4 Å². The molecule has 1 saturated heterocycles. The summed E-state index contributed by atoms with van der Waals surface area (Å²) in [7, 11) is 0. The third-order valence-corrected chi connectivity index (χ3v) is 5.89. The van der Waals surface area contributed by atoms with Gasteiger partial charge in [-0.15, -0.1) is 11.3 Å². The van der Waals surface area contributed by atoms with Crippen LogP contribution in [0.1, 0.15) is 52.5 Å².